The molecule has 2 saturated carbocycles. The number of fused-ring (bicyclic) bond motifs is 1. The fraction of sp³-hybridized carbons (Fsp3) is 0.545. The van der Waals surface area contributed by atoms with Gasteiger partial charge in [0.25, 0.3) is 11.8 Å². The standard InChI is InChI=1S/C33H41N7O5/c34-29(42)28(41)33(15-7-2-8-16-33)37-31(44)27-19-25(38-39-35)20-40(27)32(45)26(17-21-9-3-1-4-10-21)36-30(43)24-14-13-22-11-5-6-12-23(22)18-24/h5-6,11-14,18,21,25-27H,1-4,7-10,15-17,19-20H2,(H2,34,42)(H,36,43)(H,37,44)/t25-,26?,27-/m0/s1. The number of ketones is 1. The molecule has 1 aliphatic heterocycles. The van der Waals surface area contributed by atoms with Gasteiger partial charge < -0.3 is 21.3 Å². The molecule has 45 heavy (non-hydrogen) atoms. The van der Waals surface area contributed by atoms with Gasteiger partial charge in [0.1, 0.15) is 17.6 Å². The SMILES string of the molecule is [N-]=[N+]=N[C@H]1C[C@@H](C(=O)NC2(C(=O)C(N)=O)CCCCC2)N(C(=O)C(CC2CCCCC2)NC(=O)c2ccc3ccccc3c2)C1. The first-order chi connectivity index (χ1) is 21.7. The Morgan fingerprint density at radius 1 is 0.978 bits per heavy atom. The van der Waals surface area contributed by atoms with Gasteiger partial charge in [0.15, 0.2) is 0 Å². The number of likely N-dealkylation sites (tertiary alicyclic amines) is 1. The lowest BCUT2D eigenvalue weighted by atomic mass is 9.78. The number of hydrogen-bond donors (Lipinski definition) is 3. The van der Waals surface area contributed by atoms with Crippen LogP contribution < -0.4 is 16.4 Å². The van der Waals surface area contributed by atoms with E-state index < -0.39 is 53.1 Å². The minimum atomic E-state index is -1.43. The van der Waals surface area contributed by atoms with E-state index in [1.165, 1.54) is 4.90 Å². The van der Waals surface area contributed by atoms with E-state index in [2.05, 4.69) is 20.7 Å². The van der Waals surface area contributed by atoms with Crippen LogP contribution in [-0.4, -0.2) is 64.5 Å². The summed E-state index contributed by atoms with van der Waals surface area (Å²) in [5, 5.41) is 11.5. The molecule has 1 saturated heterocycles. The summed E-state index contributed by atoms with van der Waals surface area (Å²) in [6, 6.07) is 10.4. The van der Waals surface area contributed by atoms with Crippen molar-refractivity contribution in [1.82, 2.24) is 15.5 Å². The van der Waals surface area contributed by atoms with E-state index in [1.807, 2.05) is 30.3 Å². The Kier molecular flexibility index (Phi) is 10.0. The van der Waals surface area contributed by atoms with Gasteiger partial charge in [-0.2, -0.15) is 0 Å². The molecule has 0 spiro atoms. The van der Waals surface area contributed by atoms with Gasteiger partial charge in [0.2, 0.25) is 17.6 Å². The number of rotatable bonds is 10. The Labute approximate surface area is 262 Å². The van der Waals surface area contributed by atoms with Crippen LogP contribution in [0.2, 0.25) is 0 Å². The van der Waals surface area contributed by atoms with Crippen LogP contribution in [-0.2, 0) is 19.2 Å². The van der Waals surface area contributed by atoms with Crippen LogP contribution in [0.4, 0.5) is 0 Å². The van der Waals surface area contributed by atoms with Gasteiger partial charge in [-0.1, -0.05) is 86.8 Å². The summed E-state index contributed by atoms with van der Waals surface area (Å²) in [6.45, 7) is -0.00917. The maximum Gasteiger partial charge on any atom is 0.287 e. The first kappa shape index (κ1) is 32.0. The first-order valence-corrected chi connectivity index (χ1v) is 16.0. The molecule has 0 bridgehead atoms. The number of nitrogens with two attached hydrogens (primary N) is 1. The number of carbonyl (C=O) groups excluding carboxylic acids is 5. The molecule has 4 N–H and O–H groups in total. The number of Topliss-reactive ketones (excluding diaryl/α,β-unsaturated/α-hetero) is 1. The number of primary amides is 1. The number of nitrogens with one attached hydrogen (secondary N) is 2. The average molecular weight is 616 g/mol. The van der Waals surface area contributed by atoms with Crippen molar-refractivity contribution in [3.63, 3.8) is 0 Å². The van der Waals surface area contributed by atoms with Gasteiger partial charge in [0, 0.05) is 17.0 Å². The van der Waals surface area contributed by atoms with E-state index in [0.29, 0.717) is 24.8 Å². The summed E-state index contributed by atoms with van der Waals surface area (Å²) >= 11 is 0. The maximum atomic E-state index is 14.3. The second kappa shape index (κ2) is 14.1. The van der Waals surface area contributed by atoms with Gasteiger partial charge in [-0.25, -0.2) is 0 Å². The number of nitrogens with zero attached hydrogens (tertiary/aromatic N) is 4. The van der Waals surface area contributed by atoms with Gasteiger partial charge in [-0.3, -0.25) is 24.0 Å². The summed E-state index contributed by atoms with van der Waals surface area (Å²) < 4.78 is 0. The first-order valence-electron chi connectivity index (χ1n) is 16.0. The van der Waals surface area contributed by atoms with E-state index in [0.717, 1.165) is 49.3 Å². The van der Waals surface area contributed by atoms with Gasteiger partial charge >= 0.3 is 0 Å². The summed E-state index contributed by atoms with van der Waals surface area (Å²) in [5.41, 5.74) is 13.5. The van der Waals surface area contributed by atoms with Crippen LogP contribution in [0.1, 0.15) is 87.4 Å². The Morgan fingerprint density at radius 3 is 2.36 bits per heavy atom. The zero-order valence-electron chi connectivity index (χ0n) is 25.5. The molecule has 1 unspecified atom stereocenters. The Morgan fingerprint density at radius 2 is 1.67 bits per heavy atom. The molecule has 0 radical (unpaired) electrons. The third kappa shape index (κ3) is 7.28. The highest BCUT2D eigenvalue weighted by molar-refractivity contribution is 6.39. The van der Waals surface area contributed by atoms with Gasteiger partial charge in [0.05, 0.1) is 6.04 Å². The molecule has 2 aromatic carbocycles. The predicted molar refractivity (Wildman–Crippen MR) is 168 cm³/mol. The van der Waals surface area contributed by atoms with E-state index in [-0.39, 0.29) is 31.7 Å². The summed E-state index contributed by atoms with van der Waals surface area (Å²) in [7, 11) is 0. The zero-order chi connectivity index (χ0) is 32.0. The van der Waals surface area contributed by atoms with E-state index >= 15 is 0 Å². The highest BCUT2D eigenvalue weighted by atomic mass is 16.2. The molecule has 4 amide bonds. The van der Waals surface area contributed by atoms with Crippen LogP contribution in [0.25, 0.3) is 21.2 Å². The molecule has 1 heterocycles. The maximum absolute atomic E-state index is 14.3. The Hall–Kier alpha value is -4.44. The normalized spacial score (nSPS) is 22.2. The average Bonchev–Trinajstić information content (AvgIpc) is 3.48. The smallest absolute Gasteiger partial charge is 0.287 e. The van der Waals surface area contributed by atoms with Crippen LogP contribution >= 0.6 is 0 Å². The highest BCUT2D eigenvalue weighted by Crippen LogP contribution is 2.32. The van der Waals surface area contributed by atoms with Crippen LogP contribution in [0, 0.1) is 5.92 Å². The van der Waals surface area contributed by atoms with Crippen LogP contribution in [0.3, 0.4) is 0 Å². The van der Waals surface area contributed by atoms with Crippen molar-refractivity contribution >= 4 is 40.2 Å². The van der Waals surface area contributed by atoms with Gasteiger partial charge in [-0.15, -0.1) is 0 Å². The second-order valence-corrected chi connectivity index (χ2v) is 12.8. The van der Waals surface area contributed by atoms with E-state index in [1.54, 1.807) is 12.1 Å². The molecule has 2 aliphatic carbocycles. The van der Waals surface area contributed by atoms with Gasteiger partial charge in [-0.05, 0) is 60.0 Å². The molecule has 12 heteroatoms. The minimum absolute atomic E-state index is 0.00917. The lowest BCUT2D eigenvalue weighted by Gasteiger charge is -2.38. The number of benzene rings is 2. The van der Waals surface area contributed by atoms with Crippen LogP contribution in [0.5, 0.6) is 0 Å². The number of hydrogen-bond acceptors (Lipinski definition) is 6. The molecular weight excluding hydrogens is 574 g/mol. The molecule has 3 fully saturated rings. The third-order valence-corrected chi connectivity index (χ3v) is 9.72. The topological polar surface area (TPSA) is 187 Å². The second-order valence-electron chi connectivity index (χ2n) is 12.8. The fourth-order valence-corrected chi connectivity index (χ4v) is 7.33. The summed E-state index contributed by atoms with van der Waals surface area (Å²) in [5.74, 6) is -3.18. The number of amides is 4. The molecule has 238 valence electrons. The predicted octanol–water partition coefficient (Wildman–Crippen LogP) is 4.06. The number of carbonyl (C=O) groups is 5. The van der Waals surface area contributed by atoms with Crippen molar-refractivity contribution in [2.24, 2.45) is 16.8 Å². The quantitative estimate of drug-likeness (QED) is 0.157. The lowest BCUT2D eigenvalue weighted by Crippen LogP contribution is -2.62. The summed E-state index contributed by atoms with van der Waals surface area (Å²) in [4.78, 5) is 70.9. The molecular formula is C33H41N7O5. The van der Waals surface area contributed by atoms with Crippen LogP contribution in [0.15, 0.2) is 47.6 Å². The van der Waals surface area contributed by atoms with Crippen molar-refractivity contribution in [3.8, 4) is 0 Å². The van der Waals surface area contributed by atoms with Crippen molar-refractivity contribution in [2.45, 2.75) is 101 Å². The Balaban J connectivity index is 1.41. The van der Waals surface area contributed by atoms with Crippen molar-refractivity contribution in [2.75, 3.05) is 6.54 Å². The minimum Gasteiger partial charge on any atom is -0.363 e. The lowest BCUT2D eigenvalue weighted by molar-refractivity contribution is -0.145. The monoisotopic (exact) mass is 615 g/mol. The van der Waals surface area contributed by atoms with Crippen molar-refractivity contribution < 1.29 is 24.0 Å². The van der Waals surface area contributed by atoms with Crippen molar-refractivity contribution in [1.29, 1.82) is 0 Å². The Bertz CT molecular complexity index is 1510. The van der Waals surface area contributed by atoms with E-state index in [4.69, 9.17) is 11.3 Å². The molecule has 12 nitrogen and oxygen atoms in total. The highest BCUT2D eigenvalue weighted by Gasteiger charge is 2.48. The molecule has 5 rings (SSSR count). The molecule has 2 aromatic rings. The largest absolute Gasteiger partial charge is 0.363 e. The molecule has 0 aromatic heterocycles. The number of azide groups is 1. The molecule has 3 atom stereocenters. The third-order valence-electron chi connectivity index (χ3n) is 9.72. The van der Waals surface area contributed by atoms with E-state index in [9.17, 15) is 24.0 Å². The molecule has 3 aliphatic rings. The summed E-state index contributed by atoms with van der Waals surface area (Å²) in [6.07, 6.45) is 8.26. The zero-order valence-corrected chi connectivity index (χ0v) is 25.5. The fourth-order valence-electron chi connectivity index (χ4n) is 7.33. The van der Waals surface area contributed by atoms with Crippen molar-refractivity contribution in [3.05, 3.63) is 58.5 Å².